The monoisotopic (exact) mass is 424 g/mol. The minimum atomic E-state index is -1.16. The van der Waals surface area contributed by atoms with Crippen LogP contribution in [0.1, 0.15) is 50.2 Å². The summed E-state index contributed by atoms with van der Waals surface area (Å²) >= 11 is 1.35. The molecule has 1 N–H and O–H groups in total. The number of amides is 3. The lowest BCUT2D eigenvalue weighted by Gasteiger charge is -2.24. The van der Waals surface area contributed by atoms with Crippen molar-refractivity contribution in [3.05, 3.63) is 68.6 Å². The van der Waals surface area contributed by atoms with Crippen molar-refractivity contribution in [3.8, 4) is 0 Å². The molecular formula is C22H24N4O3S. The Bertz CT molecular complexity index is 1220. The summed E-state index contributed by atoms with van der Waals surface area (Å²) in [6.07, 6.45) is 0. The highest BCUT2D eigenvalue weighted by Gasteiger charge is 2.49. The van der Waals surface area contributed by atoms with E-state index in [1.54, 1.807) is 6.92 Å². The topological polar surface area (TPSA) is 83.8 Å². The lowest BCUT2D eigenvalue weighted by Crippen LogP contribution is -2.41. The van der Waals surface area contributed by atoms with Crippen molar-refractivity contribution >= 4 is 28.2 Å². The maximum Gasteiger partial charge on any atom is 0.325 e. The number of rotatable bonds is 3. The third-order valence-corrected chi connectivity index (χ3v) is 6.50. The van der Waals surface area contributed by atoms with Crippen molar-refractivity contribution in [2.75, 3.05) is 0 Å². The number of carbonyl (C=O) groups is 2. The van der Waals surface area contributed by atoms with Crippen LogP contribution >= 0.6 is 11.3 Å². The fourth-order valence-corrected chi connectivity index (χ4v) is 4.57. The van der Waals surface area contributed by atoms with Gasteiger partial charge in [-0.2, -0.15) is 0 Å². The molecule has 1 saturated heterocycles. The van der Waals surface area contributed by atoms with Crippen LogP contribution in [0.4, 0.5) is 4.79 Å². The summed E-state index contributed by atoms with van der Waals surface area (Å²) < 4.78 is 1.51. The molecule has 0 bridgehead atoms. The third-order valence-electron chi connectivity index (χ3n) is 5.55. The number of carbonyl (C=O) groups excluding carboxylic acids is 2. The second kappa shape index (κ2) is 6.77. The van der Waals surface area contributed by atoms with E-state index < -0.39 is 11.6 Å². The van der Waals surface area contributed by atoms with Gasteiger partial charge in [0.25, 0.3) is 11.5 Å². The molecule has 0 unspecified atom stereocenters. The van der Waals surface area contributed by atoms with Gasteiger partial charge in [0.15, 0.2) is 4.96 Å². The van der Waals surface area contributed by atoms with Crippen LogP contribution in [-0.2, 0) is 22.3 Å². The number of nitrogens with zero attached hydrogens (tertiary/aromatic N) is 3. The first kappa shape index (κ1) is 20.3. The molecule has 1 aliphatic heterocycles. The highest BCUT2D eigenvalue weighted by molar-refractivity contribution is 7.15. The molecule has 1 atom stereocenters. The number of urea groups is 1. The minimum absolute atomic E-state index is 0.00703. The average molecular weight is 425 g/mol. The summed E-state index contributed by atoms with van der Waals surface area (Å²) in [7, 11) is 0. The van der Waals surface area contributed by atoms with Gasteiger partial charge in [-0.1, -0.05) is 45.0 Å². The average Bonchev–Trinajstić information content (AvgIpc) is 3.15. The van der Waals surface area contributed by atoms with Crippen molar-refractivity contribution in [2.24, 2.45) is 0 Å². The molecule has 30 heavy (non-hydrogen) atoms. The molecule has 0 spiro atoms. The maximum absolute atomic E-state index is 13.2. The second-order valence-electron chi connectivity index (χ2n) is 8.85. The van der Waals surface area contributed by atoms with E-state index in [4.69, 9.17) is 0 Å². The number of benzene rings is 1. The van der Waals surface area contributed by atoms with E-state index in [9.17, 15) is 14.4 Å². The summed E-state index contributed by atoms with van der Waals surface area (Å²) in [6.45, 7) is 9.84. The number of thiazole rings is 1. The molecule has 0 radical (unpaired) electrons. The largest absolute Gasteiger partial charge is 0.325 e. The normalized spacial score (nSPS) is 19.6. The smallest absolute Gasteiger partial charge is 0.319 e. The van der Waals surface area contributed by atoms with Crippen LogP contribution in [0.2, 0.25) is 0 Å². The Balaban J connectivity index is 1.63. The molecule has 1 fully saturated rings. The predicted octanol–water partition coefficient (Wildman–Crippen LogP) is 3.33. The van der Waals surface area contributed by atoms with Gasteiger partial charge < -0.3 is 5.32 Å². The zero-order chi connectivity index (χ0) is 21.8. The summed E-state index contributed by atoms with van der Waals surface area (Å²) in [6, 6.07) is 8.62. The highest BCUT2D eigenvalue weighted by Crippen LogP contribution is 2.31. The van der Waals surface area contributed by atoms with Crippen LogP contribution in [0.15, 0.2) is 40.5 Å². The molecule has 2 aromatic heterocycles. The Labute approximate surface area is 178 Å². The maximum atomic E-state index is 13.2. The number of hydrogen-bond acceptors (Lipinski definition) is 5. The quantitative estimate of drug-likeness (QED) is 0.654. The standard InChI is InChI=1S/C22H24N4O3S/c1-13-12-30-20-23-16(10-17(27)26(13)20)11-25-18(28)22(5,24-19(25)29)15-8-6-14(7-9-15)21(2,3)4/h6-10,12H,11H2,1-5H3,(H,24,29)/t22-/m1/s1. The van der Waals surface area contributed by atoms with Gasteiger partial charge in [-0.05, 0) is 30.4 Å². The van der Waals surface area contributed by atoms with E-state index in [0.29, 0.717) is 16.2 Å². The highest BCUT2D eigenvalue weighted by atomic mass is 32.1. The third kappa shape index (κ3) is 3.21. The van der Waals surface area contributed by atoms with Crippen molar-refractivity contribution in [3.63, 3.8) is 0 Å². The van der Waals surface area contributed by atoms with E-state index in [1.165, 1.54) is 21.8 Å². The molecule has 4 rings (SSSR count). The number of fused-ring (bicyclic) bond motifs is 1. The minimum Gasteiger partial charge on any atom is -0.319 e. The van der Waals surface area contributed by atoms with E-state index >= 15 is 0 Å². The zero-order valence-electron chi connectivity index (χ0n) is 17.6. The van der Waals surface area contributed by atoms with Crippen molar-refractivity contribution < 1.29 is 9.59 Å². The zero-order valence-corrected chi connectivity index (χ0v) is 18.5. The predicted molar refractivity (Wildman–Crippen MR) is 116 cm³/mol. The van der Waals surface area contributed by atoms with Crippen LogP contribution in [0.25, 0.3) is 4.96 Å². The van der Waals surface area contributed by atoms with Crippen LogP contribution in [0.3, 0.4) is 0 Å². The van der Waals surface area contributed by atoms with Crippen LogP contribution in [0.5, 0.6) is 0 Å². The van der Waals surface area contributed by atoms with Crippen LogP contribution in [-0.4, -0.2) is 26.2 Å². The molecule has 156 valence electrons. The van der Waals surface area contributed by atoms with Crippen LogP contribution < -0.4 is 10.9 Å². The van der Waals surface area contributed by atoms with Gasteiger partial charge in [0.1, 0.15) is 5.54 Å². The van der Waals surface area contributed by atoms with E-state index in [0.717, 1.165) is 16.2 Å². The molecule has 8 heteroatoms. The first-order valence-electron chi connectivity index (χ1n) is 9.72. The Morgan fingerprint density at radius 2 is 1.80 bits per heavy atom. The molecule has 3 aromatic rings. The summed E-state index contributed by atoms with van der Waals surface area (Å²) in [4.78, 5) is 44.4. The second-order valence-corrected chi connectivity index (χ2v) is 9.69. The van der Waals surface area contributed by atoms with Crippen molar-refractivity contribution in [2.45, 2.75) is 52.1 Å². The molecule has 1 aliphatic rings. The molecule has 0 saturated carbocycles. The van der Waals surface area contributed by atoms with E-state index in [-0.39, 0.29) is 23.4 Å². The lowest BCUT2D eigenvalue weighted by atomic mass is 9.84. The van der Waals surface area contributed by atoms with Gasteiger partial charge in [0.2, 0.25) is 0 Å². The van der Waals surface area contributed by atoms with Gasteiger partial charge in [-0.3, -0.25) is 18.9 Å². The van der Waals surface area contributed by atoms with Crippen molar-refractivity contribution in [1.82, 2.24) is 19.6 Å². The van der Waals surface area contributed by atoms with Gasteiger partial charge in [0, 0.05) is 17.1 Å². The Kier molecular flexibility index (Phi) is 4.58. The Morgan fingerprint density at radius 3 is 2.43 bits per heavy atom. The number of aromatic nitrogens is 2. The SMILES string of the molecule is Cc1csc2nc(CN3C(=O)N[C@](C)(c4ccc(C(C)(C)C)cc4)C3=O)cc(=O)n12. The molecule has 1 aromatic carbocycles. The van der Waals surface area contributed by atoms with E-state index in [1.807, 2.05) is 36.6 Å². The van der Waals surface area contributed by atoms with Gasteiger partial charge in [0.05, 0.1) is 12.2 Å². The molecule has 0 aliphatic carbocycles. The van der Waals surface area contributed by atoms with Gasteiger partial charge >= 0.3 is 6.03 Å². The molecule has 3 heterocycles. The summed E-state index contributed by atoms with van der Waals surface area (Å²) in [5.74, 6) is -0.361. The fraction of sp³-hybridized carbons (Fsp3) is 0.364. The number of imide groups is 1. The number of hydrogen-bond donors (Lipinski definition) is 1. The first-order valence-corrected chi connectivity index (χ1v) is 10.6. The lowest BCUT2D eigenvalue weighted by molar-refractivity contribution is -0.131. The van der Waals surface area contributed by atoms with Crippen LogP contribution in [0, 0.1) is 6.92 Å². The Hall–Kier alpha value is -3.00. The Morgan fingerprint density at radius 1 is 1.13 bits per heavy atom. The van der Waals surface area contributed by atoms with Gasteiger partial charge in [-0.15, -0.1) is 11.3 Å². The first-order chi connectivity index (χ1) is 14.0. The van der Waals surface area contributed by atoms with Crippen molar-refractivity contribution in [1.29, 1.82) is 0 Å². The number of nitrogens with one attached hydrogen (secondary N) is 1. The molecule has 3 amide bonds. The fourth-order valence-electron chi connectivity index (χ4n) is 3.68. The molecule has 7 nitrogen and oxygen atoms in total. The van der Waals surface area contributed by atoms with E-state index in [2.05, 4.69) is 31.1 Å². The summed E-state index contributed by atoms with van der Waals surface area (Å²) in [5, 5.41) is 4.66. The molecular weight excluding hydrogens is 400 g/mol. The number of aryl methyl sites for hydroxylation is 1. The van der Waals surface area contributed by atoms with Gasteiger partial charge in [-0.25, -0.2) is 9.78 Å². The summed E-state index contributed by atoms with van der Waals surface area (Å²) in [5.41, 5.74) is 1.67.